The fourth-order valence-electron chi connectivity index (χ4n) is 2.51. The van der Waals surface area contributed by atoms with Crippen molar-refractivity contribution in [2.24, 2.45) is 5.41 Å². The van der Waals surface area contributed by atoms with Crippen LogP contribution in [0.5, 0.6) is 0 Å². The maximum absolute atomic E-state index is 4.42. The van der Waals surface area contributed by atoms with Crippen LogP contribution in [0.4, 0.5) is 0 Å². The van der Waals surface area contributed by atoms with E-state index in [9.17, 15) is 0 Å². The van der Waals surface area contributed by atoms with Crippen molar-refractivity contribution in [1.29, 1.82) is 0 Å². The van der Waals surface area contributed by atoms with Gasteiger partial charge in [0.2, 0.25) is 0 Å². The third kappa shape index (κ3) is 2.37. The van der Waals surface area contributed by atoms with E-state index in [1.807, 2.05) is 0 Å². The third-order valence-corrected chi connectivity index (χ3v) is 3.34. The lowest BCUT2D eigenvalue weighted by Crippen LogP contribution is -2.23. The molecule has 75 valence electrons. The minimum Gasteiger partial charge on any atom is -0.0622 e. The molecule has 0 N–H and O–H groups in total. The van der Waals surface area contributed by atoms with Crippen LogP contribution >= 0.6 is 0 Å². The molecule has 1 radical (unpaired) electrons. The smallest absolute Gasteiger partial charge is 0.0222 e. The van der Waals surface area contributed by atoms with Gasteiger partial charge in [0.05, 0.1) is 0 Å². The SMILES string of the molecule is [CH2]C1(Cc2ccccc2)CCCCC1. The van der Waals surface area contributed by atoms with Crippen molar-refractivity contribution >= 4 is 0 Å². The molecule has 1 aromatic rings. The predicted octanol–water partition coefficient (Wildman–Crippen LogP) is 4.01. The van der Waals surface area contributed by atoms with Gasteiger partial charge in [-0.2, -0.15) is 0 Å². The number of hydrogen-bond donors (Lipinski definition) is 0. The minimum atomic E-state index is 0.333. The first-order valence-corrected chi connectivity index (χ1v) is 5.68. The molecular formula is C14H19. The molecule has 0 heterocycles. The summed E-state index contributed by atoms with van der Waals surface area (Å²) in [4.78, 5) is 0. The molecule has 0 bridgehead atoms. The zero-order chi connectivity index (χ0) is 9.86. The van der Waals surface area contributed by atoms with Gasteiger partial charge in [-0.25, -0.2) is 0 Å². The van der Waals surface area contributed by atoms with Crippen LogP contribution in [0.1, 0.15) is 37.7 Å². The van der Waals surface area contributed by atoms with E-state index in [-0.39, 0.29) is 0 Å². The Morgan fingerprint density at radius 3 is 2.29 bits per heavy atom. The number of rotatable bonds is 2. The largest absolute Gasteiger partial charge is 0.0622 e. The van der Waals surface area contributed by atoms with Crippen molar-refractivity contribution in [3.8, 4) is 0 Å². The third-order valence-electron chi connectivity index (χ3n) is 3.34. The molecular weight excluding hydrogens is 168 g/mol. The second-order valence-electron chi connectivity index (χ2n) is 4.72. The molecule has 2 rings (SSSR count). The van der Waals surface area contributed by atoms with Crippen LogP contribution in [-0.2, 0) is 6.42 Å². The van der Waals surface area contributed by atoms with Crippen LogP contribution in [0.15, 0.2) is 30.3 Å². The van der Waals surface area contributed by atoms with Gasteiger partial charge in [0.25, 0.3) is 0 Å². The Balaban J connectivity index is 2.02. The van der Waals surface area contributed by atoms with E-state index in [0.29, 0.717) is 5.41 Å². The van der Waals surface area contributed by atoms with Crippen LogP contribution in [-0.4, -0.2) is 0 Å². The average Bonchev–Trinajstić information content (AvgIpc) is 2.19. The summed E-state index contributed by atoms with van der Waals surface area (Å²) in [5.41, 5.74) is 1.78. The first-order chi connectivity index (χ1) is 6.79. The Bertz CT molecular complexity index is 267. The summed E-state index contributed by atoms with van der Waals surface area (Å²) in [6, 6.07) is 10.8. The topological polar surface area (TPSA) is 0 Å². The summed E-state index contributed by atoms with van der Waals surface area (Å²) in [7, 11) is 0. The molecule has 1 aromatic carbocycles. The fourth-order valence-corrected chi connectivity index (χ4v) is 2.51. The minimum absolute atomic E-state index is 0.333. The highest BCUT2D eigenvalue weighted by atomic mass is 14.3. The molecule has 0 spiro atoms. The summed E-state index contributed by atoms with van der Waals surface area (Å²) >= 11 is 0. The van der Waals surface area contributed by atoms with E-state index in [1.165, 1.54) is 37.7 Å². The van der Waals surface area contributed by atoms with Gasteiger partial charge in [0.1, 0.15) is 0 Å². The summed E-state index contributed by atoms with van der Waals surface area (Å²) in [6.45, 7) is 4.42. The van der Waals surface area contributed by atoms with Crippen molar-refractivity contribution < 1.29 is 0 Å². The first kappa shape index (κ1) is 9.76. The van der Waals surface area contributed by atoms with Gasteiger partial charge in [-0.15, -0.1) is 0 Å². The number of benzene rings is 1. The van der Waals surface area contributed by atoms with Crippen molar-refractivity contribution in [3.05, 3.63) is 42.8 Å². The zero-order valence-corrected chi connectivity index (χ0v) is 8.84. The lowest BCUT2D eigenvalue weighted by Gasteiger charge is -2.33. The molecule has 0 amide bonds. The monoisotopic (exact) mass is 187 g/mol. The normalized spacial score (nSPS) is 20.6. The quantitative estimate of drug-likeness (QED) is 0.656. The summed E-state index contributed by atoms with van der Waals surface area (Å²) < 4.78 is 0. The standard InChI is InChI=1S/C14H19/c1-14(10-6-3-7-11-14)12-13-8-4-2-5-9-13/h2,4-5,8-9H,1,3,6-7,10-12H2. The molecule has 0 aromatic heterocycles. The zero-order valence-electron chi connectivity index (χ0n) is 8.84. The molecule has 0 saturated heterocycles. The Morgan fingerprint density at radius 2 is 1.64 bits per heavy atom. The molecule has 14 heavy (non-hydrogen) atoms. The van der Waals surface area contributed by atoms with Crippen LogP contribution in [0.25, 0.3) is 0 Å². The highest BCUT2D eigenvalue weighted by molar-refractivity contribution is 5.17. The summed E-state index contributed by atoms with van der Waals surface area (Å²) in [5.74, 6) is 0. The summed E-state index contributed by atoms with van der Waals surface area (Å²) in [5, 5.41) is 0. The Labute approximate surface area is 87.3 Å². The lowest BCUT2D eigenvalue weighted by atomic mass is 9.72. The first-order valence-electron chi connectivity index (χ1n) is 5.68. The van der Waals surface area contributed by atoms with Crippen molar-refractivity contribution in [2.75, 3.05) is 0 Å². The van der Waals surface area contributed by atoms with Gasteiger partial charge in [0.15, 0.2) is 0 Å². The fraction of sp³-hybridized carbons (Fsp3) is 0.500. The molecule has 1 saturated carbocycles. The van der Waals surface area contributed by atoms with Crippen molar-refractivity contribution in [3.63, 3.8) is 0 Å². The highest BCUT2D eigenvalue weighted by Gasteiger charge is 2.26. The van der Waals surface area contributed by atoms with E-state index in [4.69, 9.17) is 0 Å². The van der Waals surface area contributed by atoms with Crippen molar-refractivity contribution in [2.45, 2.75) is 38.5 Å². The average molecular weight is 187 g/mol. The Kier molecular flexibility index (Phi) is 2.90. The van der Waals surface area contributed by atoms with Crippen LogP contribution in [0.2, 0.25) is 0 Å². The summed E-state index contributed by atoms with van der Waals surface area (Å²) in [6.07, 6.45) is 7.93. The second kappa shape index (κ2) is 4.16. The van der Waals surface area contributed by atoms with E-state index >= 15 is 0 Å². The van der Waals surface area contributed by atoms with Gasteiger partial charge in [-0.3, -0.25) is 0 Å². The maximum atomic E-state index is 4.42. The predicted molar refractivity (Wildman–Crippen MR) is 61.0 cm³/mol. The molecule has 1 fully saturated rings. The van der Waals surface area contributed by atoms with Gasteiger partial charge >= 0.3 is 0 Å². The molecule has 0 heteroatoms. The maximum Gasteiger partial charge on any atom is -0.0222 e. The van der Waals surface area contributed by atoms with Crippen LogP contribution in [0, 0.1) is 12.3 Å². The van der Waals surface area contributed by atoms with Crippen LogP contribution in [0.3, 0.4) is 0 Å². The van der Waals surface area contributed by atoms with Gasteiger partial charge in [0, 0.05) is 0 Å². The van der Waals surface area contributed by atoms with E-state index in [2.05, 4.69) is 37.3 Å². The van der Waals surface area contributed by atoms with Gasteiger partial charge < -0.3 is 0 Å². The van der Waals surface area contributed by atoms with E-state index in [0.717, 1.165) is 6.42 Å². The molecule has 1 aliphatic carbocycles. The van der Waals surface area contributed by atoms with Crippen molar-refractivity contribution in [1.82, 2.24) is 0 Å². The van der Waals surface area contributed by atoms with Gasteiger partial charge in [-0.1, -0.05) is 49.6 Å². The second-order valence-corrected chi connectivity index (χ2v) is 4.72. The molecule has 0 nitrogen and oxygen atoms in total. The Morgan fingerprint density at radius 1 is 1.00 bits per heavy atom. The molecule has 1 aliphatic rings. The number of hydrogen-bond acceptors (Lipinski definition) is 0. The molecule has 0 unspecified atom stereocenters. The molecule has 0 atom stereocenters. The highest BCUT2D eigenvalue weighted by Crippen LogP contribution is 2.38. The van der Waals surface area contributed by atoms with Crippen LogP contribution < -0.4 is 0 Å². The lowest BCUT2D eigenvalue weighted by molar-refractivity contribution is 0.252. The molecule has 0 aliphatic heterocycles. The van der Waals surface area contributed by atoms with Gasteiger partial charge in [-0.05, 0) is 37.2 Å². The van der Waals surface area contributed by atoms with E-state index in [1.54, 1.807) is 0 Å². The Hall–Kier alpha value is -0.780. The van der Waals surface area contributed by atoms with E-state index < -0.39 is 0 Å².